The van der Waals surface area contributed by atoms with Crippen molar-refractivity contribution in [2.24, 2.45) is 0 Å². The van der Waals surface area contributed by atoms with Gasteiger partial charge in [-0.1, -0.05) is 13.8 Å². The Balaban J connectivity index is 2.63. The lowest BCUT2D eigenvalue weighted by Crippen LogP contribution is -2.32. The van der Waals surface area contributed by atoms with E-state index in [1.807, 2.05) is 27.0 Å². The number of rotatable bonds is 9. The second-order valence-corrected chi connectivity index (χ2v) is 7.69. The fraction of sp³-hybridized carbons (Fsp3) is 0.692. The van der Waals surface area contributed by atoms with Gasteiger partial charge in [-0.15, -0.1) is 0 Å². The summed E-state index contributed by atoms with van der Waals surface area (Å²) in [5.74, 6) is 1.54. The summed E-state index contributed by atoms with van der Waals surface area (Å²) in [6.07, 6.45) is 2.80. The summed E-state index contributed by atoms with van der Waals surface area (Å²) in [5, 5.41) is 3.16. The molecule has 0 saturated carbocycles. The fourth-order valence-electron chi connectivity index (χ4n) is 1.58. The van der Waals surface area contributed by atoms with Crippen LogP contribution in [0.25, 0.3) is 0 Å². The van der Waals surface area contributed by atoms with Gasteiger partial charge in [0.1, 0.15) is 5.76 Å². The molecule has 0 aliphatic rings. The van der Waals surface area contributed by atoms with E-state index in [4.69, 9.17) is 4.42 Å². The van der Waals surface area contributed by atoms with E-state index < -0.39 is 10.0 Å². The lowest BCUT2D eigenvalue weighted by molar-refractivity contribution is 0.391. The van der Waals surface area contributed by atoms with E-state index in [0.29, 0.717) is 18.3 Å². The third-order valence-corrected chi connectivity index (χ3v) is 4.80. The van der Waals surface area contributed by atoms with Gasteiger partial charge in [0.2, 0.25) is 5.09 Å². The maximum absolute atomic E-state index is 12.1. The molecule has 1 heterocycles. The van der Waals surface area contributed by atoms with Crippen molar-refractivity contribution in [2.75, 3.05) is 12.0 Å². The van der Waals surface area contributed by atoms with Gasteiger partial charge in [0.15, 0.2) is 0 Å². The summed E-state index contributed by atoms with van der Waals surface area (Å²) in [4.78, 5) is 0. The van der Waals surface area contributed by atoms with E-state index in [-0.39, 0.29) is 11.1 Å². The van der Waals surface area contributed by atoms with Crippen LogP contribution >= 0.6 is 11.8 Å². The Morgan fingerprint density at radius 3 is 2.60 bits per heavy atom. The van der Waals surface area contributed by atoms with Crippen molar-refractivity contribution < 1.29 is 12.8 Å². The van der Waals surface area contributed by atoms with Gasteiger partial charge >= 0.3 is 0 Å². The summed E-state index contributed by atoms with van der Waals surface area (Å²) >= 11 is 1.70. The van der Waals surface area contributed by atoms with Crippen molar-refractivity contribution in [2.45, 2.75) is 50.9 Å². The molecule has 1 aromatic rings. The van der Waals surface area contributed by atoms with E-state index in [2.05, 4.69) is 10.0 Å². The van der Waals surface area contributed by atoms with Crippen LogP contribution in [0.2, 0.25) is 0 Å². The Labute approximate surface area is 125 Å². The Morgan fingerprint density at radius 2 is 2.00 bits per heavy atom. The van der Waals surface area contributed by atoms with Crippen molar-refractivity contribution >= 4 is 21.8 Å². The molecule has 0 aliphatic heterocycles. The highest BCUT2D eigenvalue weighted by molar-refractivity contribution is 7.98. The minimum absolute atomic E-state index is 0.0194. The molecule has 1 unspecified atom stereocenters. The van der Waals surface area contributed by atoms with Crippen LogP contribution in [0.5, 0.6) is 0 Å². The smallest absolute Gasteiger partial charge is 0.274 e. The van der Waals surface area contributed by atoms with Crippen LogP contribution in [0, 0.1) is 0 Å². The highest BCUT2D eigenvalue weighted by Crippen LogP contribution is 2.15. The van der Waals surface area contributed by atoms with Crippen molar-refractivity contribution in [3.05, 3.63) is 17.9 Å². The second kappa shape index (κ2) is 8.07. The maximum Gasteiger partial charge on any atom is 0.274 e. The largest absolute Gasteiger partial charge is 0.447 e. The van der Waals surface area contributed by atoms with Crippen LogP contribution in [-0.4, -0.2) is 32.5 Å². The van der Waals surface area contributed by atoms with Crippen molar-refractivity contribution in [3.63, 3.8) is 0 Å². The van der Waals surface area contributed by atoms with Crippen LogP contribution in [0.4, 0.5) is 0 Å². The topological polar surface area (TPSA) is 71.3 Å². The first-order valence-corrected chi connectivity index (χ1v) is 9.56. The van der Waals surface area contributed by atoms with E-state index in [0.717, 1.165) is 12.2 Å². The predicted molar refractivity (Wildman–Crippen MR) is 83.5 cm³/mol. The average molecular weight is 320 g/mol. The number of thioether (sulfide) groups is 1. The first kappa shape index (κ1) is 17.6. The highest BCUT2D eigenvalue weighted by atomic mass is 32.2. The monoisotopic (exact) mass is 320 g/mol. The van der Waals surface area contributed by atoms with E-state index in [1.165, 1.54) is 6.07 Å². The maximum atomic E-state index is 12.1. The Kier molecular flexibility index (Phi) is 7.08. The second-order valence-electron chi connectivity index (χ2n) is 5.06. The number of hydrogen-bond acceptors (Lipinski definition) is 5. The van der Waals surface area contributed by atoms with E-state index >= 15 is 0 Å². The molecule has 0 fully saturated rings. The SMILES string of the molecule is CSCCC(C)NS(=O)(=O)c1ccc(CNC(C)C)o1. The van der Waals surface area contributed by atoms with Crippen LogP contribution in [0.15, 0.2) is 21.6 Å². The van der Waals surface area contributed by atoms with Gasteiger partial charge in [-0.2, -0.15) is 11.8 Å². The highest BCUT2D eigenvalue weighted by Gasteiger charge is 2.21. The normalized spacial score (nSPS) is 13.8. The minimum atomic E-state index is -3.56. The molecule has 2 N–H and O–H groups in total. The molecule has 0 amide bonds. The van der Waals surface area contributed by atoms with Crippen molar-refractivity contribution in [1.82, 2.24) is 10.0 Å². The fourth-order valence-corrected chi connectivity index (χ4v) is 3.40. The number of furan rings is 1. The molecule has 0 radical (unpaired) electrons. The Hall–Kier alpha value is -0.500. The molecule has 1 aromatic heterocycles. The standard InChI is InChI=1S/C13H24N2O3S2/c1-10(2)14-9-12-5-6-13(18-12)20(16,17)15-11(3)7-8-19-4/h5-6,10-11,14-15H,7-9H2,1-4H3. The van der Waals surface area contributed by atoms with Crippen molar-refractivity contribution in [1.29, 1.82) is 0 Å². The zero-order valence-corrected chi connectivity index (χ0v) is 14.1. The zero-order chi connectivity index (χ0) is 15.2. The van der Waals surface area contributed by atoms with Crippen LogP contribution in [0.1, 0.15) is 33.0 Å². The van der Waals surface area contributed by atoms with Gasteiger partial charge in [-0.25, -0.2) is 13.1 Å². The van der Waals surface area contributed by atoms with Crippen LogP contribution < -0.4 is 10.0 Å². The van der Waals surface area contributed by atoms with Gasteiger partial charge in [-0.05, 0) is 37.5 Å². The summed E-state index contributed by atoms with van der Waals surface area (Å²) in [6, 6.07) is 3.41. The predicted octanol–water partition coefficient (Wildman–Crippen LogP) is 2.20. The Morgan fingerprint density at radius 1 is 1.30 bits per heavy atom. The molecule has 0 spiro atoms. The average Bonchev–Trinajstić information content (AvgIpc) is 2.83. The van der Waals surface area contributed by atoms with Gasteiger partial charge < -0.3 is 9.73 Å². The van der Waals surface area contributed by atoms with Gasteiger partial charge in [0, 0.05) is 12.1 Å². The number of nitrogens with one attached hydrogen (secondary N) is 2. The summed E-state index contributed by atoms with van der Waals surface area (Å²) < 4.78 is 32.3. The molecule has 5 nitrogen and oxygen atoms in total. The van der Waals surface area contributed by atoms with E-state index in [1.54, 1.807) is 17.8 Å². The molecule has 1 rings (SSSR count). The molecule has 20 heavy (non-hydrogen) atoms. The summed E-state index contributed by atoms with van der Waals surface area (Å²) in [5.41, 5.74) is 0. The first-order valence-electron chi connectivity index (χ1n) is 6.68. The first-order chi connectivity index (χ1) is 9.35. The number of hydrogen-bond donors (Lipinski definition) is 2. The minimum Gasteiger partial charge on any atom is -0.447 e. The molecule has 0 bridgehead atoms. The van der Waals surface area contributed by atoms with Gasteiger partial charge in [-0.3, -0.25) is 0 Å². The zero-order valence-electron chi connectivity index (χ0n) is 12.5. The van der Waals surface area contributed by atoms with Crippen LogP contribution in [0.3, 0.4) is 0 Å². The molecule has 1 atom stereocenters. The molecule has 0 aliphatic carbocycles. The third-order valence-electron chi connectivity index (χ3n) is 2.70. The van der Waals surface area contributed by atoms with Gasteiger partial charge in [0.05, 0.1) is 6.54 Å². The quantitative estimate of drug-likeness (QED) is 0.730. The third kappa shape index (κ3) is 5.87. The summed E-state index contributed by atoms with van der Waals surface area (Å²) in [6.45, 7) is 6.43. The van der Waals surface area contributed by atoms with Gasteiger partial charge in [0.25, 0.3) is 10.0 Å². The lowest BCUT2D eigenvalue weighted by atomic mass is 10.3. The molecule has 7 heteroatoms. The lowest BCUT2D eigenvalue weighted by Gasteiger charge is -2.12. The van der Waals surface area contributed by atoms with Crippen molar-refractivity contribution in [3.8, 4) is 0 Å². The number of sulfonamides is 1. The molecular formula is C13H24N2O3S2. The molecule has 116 valence electrons. The molecule has 0 aromatic carbocycles. The van der Waals surface area contributed by atoms with E-state index in [9.17, 15) is 8.42 Å². The Bertz CT molecular complexity index is 497. The molecular weight excluding hydrogens is 296 g/mol. The van der Waals surface area contributed by atoms with Crippen LogP contribution in [-0.2, 0) is 16.6 Å². The summed E-state index contributed by atoms with van der Waals surface area (Å²) in [7, 11) is -3.56. The molecule has 0 saturated heterocycles.